The number of nitrogens with zero attached hydrogens (tertiary/aromatic N) is 1. The average Bonchev–Trinajstić information content (AvgIpc) is 2.75. The molecule has 0 fully saturated rings. The highest BCUT2D eigenvalue weighted by Crippen LogP contribution is 2.19. The van der Waals surface area contributed by atoms with Crippen molar-refractivity contribution < 1.29 is 0 Å². The molecule has 0 saturated heterocycles. The van der Waals surface area contributed by atoms with Crippen LogP contribution in [0.4, 0.5) is 0 Å². The zero-order valence-electron chi connectivity index (χ0n) is 11.6. The highest BCUT2D eigenvalue weighted by molar-refractivity contribution is 5.65. The molecule has 0 aliphatic rings. The first-order valence-electron chi connectivity index (χ1n) is 6.61. The summed E-state index contributed by atoms with van der Waals surface area (Å²) in [5.74, 6) is 0. The van der Waals surface area contributed by atoms with E-state index in [1.54, 1.807) is 4.68 Å². The Bertz CT molecular complexity index is 797. The Morgan fingerprint density at radius 1 is 0.950 bits per heavy atom. The fourth-order valence-electron chi connectivity index (χ4n) is 2.44. The average molecular weight is 264 g/mol. The molecule has 0 bridgehead atoms. The van der Waals surface area contributed by atoms with E-state index in [4.69, 9.17) is 0 Å². The molecule has 1 heterocycles. The Labute approximate surface area is 117 Å². The summed E-state index contributed by atoms with van der Waals surface area (Å²) >= 11 is 0. The van der Waals surface area contributed by atoms with Crippen LogP contribution in [0, 0.1) is 13.8 Å². The summed E-state index contributed by atoms with van der Waals surface area (Å²) in [5.41, 5.74) is 4.52. The van der Waals surface area contributed by atoms with Crippen molar-refractivity contribution in [3.8, 4) is 16.8 Å². The van der Waals surface area contributed by atoms with E-state index in [9.17, 15) is 4.79 Å². The third-order valence-corrected chi connectivity index (χ3v) is 3.39. The topological polar surface area (TPSA) is 37.8 Å². The highest BCUT2D eigenvalue weighted by atomic mass is 16.1. The molecule has 1 N–H and O–H groups in total. The number of aryl methyl sites for hydroxylation is 2. The van der Waals surface area contributed by atoms with Crippen LogP contribution in [0.1, 0.15) is 11.3 Å². The normalized spacial score (nSPS) is 10.7. The molecule has 2 aromatic carbocycles. The van der Waals surface area contributed by atoms with E-state index in [0.717, 1.165) is 28.1 Å². The summed E-state index contributed by atoms with van der Waals surface area (Å²) in [5, 5.41) is 3.16. The van der Waals surface area contributed by atoms with E-state index in [-0.39, 0.29) is 5.56 Å². The maximum atomic E-state index is 12.6. The van der Waals surface area contributed by atoms with Crippen molar-refractivity contribution in [2.75, 3.05) is 0 Å². The fraction of sp³-hybridized carbons (Fsp3) is 0.118. The third-order valence-electron chi connectivity index (χ3n) is 3.39. The van der Waals surface area contributed by atoms with Gasteiger partial charge in [-0.1, -0.05) is 42.5 Å². The van der Waals surface area contributed by atoms with Crippen molar-refractivity contribution in [3.63, 3.8) is 0 Å². The molecule has 0 aliphatic carbocycles. The quantitative estimate of drug-likeness (QED) is 0.756. The van der Waals surface area contributed by atoms with E-state index >= 15 is 0 Å². The van der Waals surface area contributed by atoms with E-state index in [2.05, 4.69) is 5.10 Å². The lowest BCUT2D eigenvalue weighted by atomic mass is 10.1. The maximum Gasteiger partial charge on any atom is 0.279 e. The number of hydrogen-bond donors (Lipinski definition) is 1. The molecule has 0 saturated carbocycles. The minimum Gasteiger partial charge on any atom is -0.295 e. The second kappa shape index (κ2) is 4.85. The molecule has 100 valence electrons. The molecular weight excluding hydrogens is 248 g/mol. The zero-order valence-corrected chi connectivity index (χ0v) is 11.6. The smallest absolute Gasteiger partial charge is 0.279 e. The minimum atomic E-state index is -0.0145. The molecule has 3 aromatic rings. The van der Waals surface area contributed by atoms with Gasteiger partial charge in [0.05, 0.1) is 11.3 Å². The first kappa shape index (κ1) is 12.5. The molecule has 20 heavy (non-hydrogen) atoms. The van der Waals surface area contributed by atoms with E-state index in [1.807, 2.05) is 68.4 Å². The lowest BCUT2D eigenvalue weighted by Gasteiger charge is -2.02. The Hall–Kier alpha value is -2.55. The van der Waals surface area contributed by atoms with Gasteiger partial charge in [0.1, 0.15) is 0 Å². The molecule has 0 spiro atoms. The highest BCUT2D eigenvalue weighted by Gasteiger charge is 2.13. The van der Waals surface area contributed by atoms with Crippen LogP contribution in [-0.4, -0.2) is 9.78 Å². The molecule has 1 aromatic heterocycles. The SMILES string of the molecule is Cc1cccc(-n2[nH]c(C)c(-c3ccccc3)c2=O)c1. The largest absolute Gasteiger partial charge is 0.295 e. The predicted octanol–water partition coefficient (Wildman–Crippen LogP) is 3.45. The molecule has 0 aliphatic heterocycles. The standard InChI is InChI=1S/C17H16N2O/c1-12-7-6-10-15(11-12)19-17(20)16(13(2)18-19)14-8-4-3-5-9-14/h3-11,18H,1-2H3. The van der Waals surface area contributed by atoms with Crippen molar-refractivity contribution in [1.82, 2.24) is 9.78 Å². The van der Waals surface area contributed by atoms with Gasteiger partial charge in [-0.3, -0.25) is 9.89 Å². The summed E-state index contributed by atoms with van der Waals surface area (Å²) in [4.78, 5) is 12.6. The van der Waals surface area contributed by atoms with Crippen molar-refractivity contribution >= 4 is 0 Å². The van der Waals surface area contributed by atoms with Crippen molar-refractivity contribution in [2.45, 2.75) is 13.8 Å². The number of nitrogens with one attached hydrogen (secondary N) is 1. The first-order chi connectivity index (χ1) is 9.66. The van der Waals surface area contributed by atoms with Gasteiger partial charge in [-0.05, 0) is 37.1 Å². The number of aromatic nitrogens is 2. The number of H-pyrrole nitrogens is 1. The van der Waals surface area contributed by atoms with Gasteiger partial charge < -0.3 is 0 Å². The Morgan fingerprint density at radius 2 is 1.70 bits per heavy atom. The van der Waals surface area contributed by atoms with Gasteiger partial charge in [0.15, 0.2) is 0 Å². The third kappa shape index (κ3) is 2.07. The Balaban J connectivity index is 2.20. The summed E-state index contributed by atoms with van der Waals surface area (Å²) in [6, 6.07) is 17.6. The summed E-state index contributed by atoms with van der Waals surface area (Å²) in [7, 11) is 0. The maximum absolute atomic E-state index is 12.6. The zero-order chi connectivity index (χ0) is 14.1. The van der Waals surface area contributed by atoms with Gasteiger partial charge >= 0.3 is 0 Å². The molecule has 0 amide bonds. The van der Waals surface area contributed by atoms with Crippen LogP contribution < -0.4 is 5.56 Å². The van der Waals surface area contributed by atoms with Crippen LogP contribution in [-0.2, 0) is 0 Å². The first-order valence-corrected chi connectivity index (χ1v) is 6.61. The van der Waals surface area contributed by atoms with E-state index in [0.29, 0.717) is 0 Å². The summed E-state index contributed by atoms with van der Waals surface area (Å²) in [6.07, 6.45) is 0. The van der Waals surface area contributed by atoms with Gasteiger partial charge in [0.2, 0.25) is 0 Å². The van der Waals surface area contributed by atoms with Crippen molar-refractivity contribution in [2.24, 2.45) is 0 Å². The molecule has 0 radical (unpaired) electrons. The lowest BCUT2D eigenvalue weighted by molar-refractivity contribution is 0.834. The minimum absolute atomic E-state index is 0.0145. The van der Waals surface area contributed by atoms with Gasteiger partial charge in [0.25, 0.3) is 5.56 Å². The number of benzene rings is 2. The van der Waals surface area contributed by atoms with Crippen LogP contribution >= 0.6 is 0 Å². The van der Waals surface area contributed by atoms with Crippen LogP contribution in [0.15, 0.2) is 59.4 Å². The van der Waals surface area contributed by atoms with Crippen LogP contribution in [0.25, 0.3) is 16.8 Å². The van der Waals surface area contributed by atoms with Crippen LogP contribution in [0.3, 0.4) is 0 Å². The van der Waals surface area contributed by atoms with Gasteiger partial charge in [-0.2, -0.15) is 0 Å². The van der Waals surface area contributed by atoms with Crippen molar-refractivity contribution in [1.29, 1.82) is 0 Å². The summed E-state index contributed by atoms with van der Waals surface area (Å²) < 4.78 is 1.60. The number of rotatable bonds is 2. The lowest BCUT2D eigenvalue weighted by Crippen LogP contribution is -2.15. The second-order valence-corrected chi connectivity index (χ2v) is 4.96. The Kier molecular flexibility index (Phi) is 3.03. The molecular formula is C17H16N2O. The molecule has 0 atom stereocenters. The molecule has 3 heteroatoms. The van der Waals surface area contributed by atoms with Gasteiger partial charge in [-0.15, -0.1) is 0 Å². The number of hydrogen-bond acceptors (Lipinski definition) is 1. The monoisotopic (exact) mass is 264 g/mol. The second-order valence-electron chi connectivity index (χ2n) is 4.96. The van der Waals surface area contributed by atoms with Crippen LogP contribution in [0.2, 0.25) is 0 Å². The van der Waals surface area contributed by atoms with E-state index in [1.165, 1.54) is 0 Å². The van der Waals surface area contributed by atoms with Crippen LogP contribution in [0.5, 0.6) is 0 Å². The fourth-order valence-corrected chi connectivity index (χ4v) is 2.44. The van der Waals surface area contributed by atoms with Gasteiger partial charge in [0, 0.05) is 5.69 Å². The summed E-state index contributed by atoms with van der Waals surface area (Å²) in [6.45, 7) is 3.94. The van der Waals surface area contributed by atoms with Gasteiger partial charge in [-0.25, -0.2) is 4.68 Å². The molecule has 0 unspecified atom stereocenters. The van der Waals surface area contributed by atoms with E-state index < -0.39 is 0 Å². The molecule has 3 rings (SSSR count). The predicted molar refractivity (Wildman–Crippen MR) is 81.3 cm³/mol. The van der Waals surface area contributed by atoms with Crippen molar-refractivity contribution in [3.05, 3.63) is 76.2 Å². The Morgan fingerprint density at radius 3 is 2.40 bits per heavy atom. The molecule has 3 nitrogen and oxygen atoms in total. The number of aromatic amines is 1.